The number of aliphatic hydroxyl groups is 1. The van der Waals surface area contributed by atoms with Gasteiger partial charge in [-0.15, -0.1) is 0 Å². The lowest BCUT2D eigenvalue weighted by atomic mass is 9.85. The Balaban J connectivity index is 2.52. The fourth-order valence-electron chi connectivity index (χ4n) is 1.71. The van der Waals surface area contributed by atoms with Crippen molar-refractivity contribution < 1.29 is 9.90 Å². The second kappa shape index (κ2) is 6.40. The van der Waals surface area contributed by atoms with Gasteiger partial charge in [0.2, 0.25) is 5.91 Å². The number of benzene rings is 1. The average molecular weight is 235 g/mol. The molecule has 1 amide bonds. The summed E-state index contributed by atoms with van der Waals surface area (Å²) in [6.45, 7) is 4.52. The summed E-state index contributed by atoms with van der Waals surface area (Å²) in [4.78, 5) is 12.0. The number of hydrogen-bond donors (Lipinski definition) is 2. The van der Waals surface area contributed by atoms with E-state index in [1.165, 1.54) is 0 Å². The van der Waals surface area contributed by atoms with Crippen molar-refractivity contribution in [2.75, 3.05) is 13.2 Å². The molecular formula is C14H21NO2. The lowest BCUT2D eigenvalue weighted by Crippen LogP contribution is -2.39. The normalized spacial score (nSPS) is 11.2. The van der Waals surface area contributed by atoms with Crippen LogP contribution in [0.15, 0.2) is 30.3 Å². The van der Waals surface area contributed by atoms with E-state index in [0.717, 1.165) is 12.0 Å². The molecule has 3 heteroatoms. The molecule has 0 aromatic heterocycles. The zero-order chi connectivity index (χ0) is 12.7. The minimum absolute atomic E-state index is 0.0369. The van der Waals surface area contributed by atoms with Gasteiger partial charge < -0.3 is 10.4 Å². The van der Waals surface area contributed by atoms with Crippen molar-refractivity contribution in [1.82, 2.24) is 5.32 Å². The molecule has 0 unspecified atom stereocenters. The van der Waals surface area contributed by atoms with E-state index in [4.69, 9.17) is 5.11 Å². The highest BCUT2D eigenvalue weighted by Gasteiger charge is 2.27. The first-order valence-corrected chi connectivity index (χ1v) is 5.99. The van der Waals surface area contributed by atoms with Gasteiger partial charge >= 0.3 is 0 Å². The van der Waals surface area contributed by atoms with Crippen LogP contribution in [0.1, 0.15) is 25.8 Å². The molecule has 0 aliphatic rings. The van der Waals surface area contributed by atoms with Crippen LogP contribution in [0.3, 0.4) is 0 Å². The van der Waals surface area contributed by atoms with E-state index >= 15 is 0 Å². The maximum atomic E-state index is 12.0. The quantitative estimate of drug-likeness (QED) is 0.738. The third-order valence-electron chi connectivity index (χ3n) is 2.72. The molecule has 0 fully saturated rings. The fourth-order valence-corrected chi connectivity index (χ4v) is 1.71. The molecule has 0 aliphatic heterocycles. The SMILES string of the molecule is CC(C)(Cc1ccccc1)C(=O)NCCCO. The Morgan fingerprint density at radius 3 is 2.53 bits per heavy atom. The largest absolute Gasteiger partial charge is 0.396 e. The summed E-state index contributed by atoms with van der Waals surface area (Å²) in [6, 6.07) is 9.99. The smallest absolute Gasteiger partial charge is 0.225 e. The molecule has 1 aromatic carbocycles. The predicted molar refractivity (Wildman–Crippen MR) is 68.6 cm³/mol. The predicted octanol–water partition coefficient (Wildman–Crippen LogP) is 1.75. The van der Waals surface area contributed by atoms with Gasteiger partial charge in [-0.05, 0) is 18.4 Å². The van der Waals surface area contributed by atoms with Crippen molar-refractivity contribution >= 4 is 5.91 Å². The van der Waals surface area contributed by atoms with Gasteiger partial charge in [0.05, 0.1) is 0 Å². The van der Waals surface area contributed by atoms with Crippen LogP contribution in [-0.4, -0.2) is 24.2 Å². The lowest BCUT2D eigenvalue weighted by Gasteiger charge is -2.23. The number of rotatable bonds is 6. The Morgan fingerprint density at radius 2 is 1.94 bits per heavy atom. The van der Waals surface area contributed by atoms with Crippen molar-refractivity contribution in [3.63, 3.8) is 0 Å². The number of amides is 1. The van der Waals surface area contributed by atoms with Crippen LogP contribution in [-0.2, 0) is 11.2 Å². The Bertz CT molecular complexity index is 346. The third-order valence-corrected chi connectivity index (χ3v) is 2.72. The summed E-state index contributed by atoms with van der Waals surface area (Å²) < 4.78 is 0. The highest BCUT2D eigenvalue weighted by Crippen LogP contribution is 2.21. The lowest BCUT2D eigenvalue weighted by molar-refractivity contribution is -0.129. The minimum atomic E-state index is -0.420. The van der Waals surface area contributed by atoms with E-state index in [2.05, 4.69) is 5.32 Å². The molecule has 1 aromatic rings. The van der Waals surface area contributed by atoms with Gasteiger partial charge in [-0.1, -0.05) is 44.2 Å². The van der Waals surface area contributed by atoms with Crippen LogP contribution in [0.5, 0.6) is 0 Å². The van der Waals surface area contributed by atoms with Crippen molar-refractivity contribution in [2.45, 2.75) is 26.7 Å². The molecule has 0 spiro atoms. The second-order valence-corrected chi connectivity index (χ2v) is 4.88. The van der Waals surface area contributed by atoms with Gasteiger partial charge in [-0.25, -0.2) is 0 Å². The fraction of sp³-hybridized carbons (Fsp3) is 0.500. The average Bonchev–Trinajstić information content (AvgIpc) is 2.30. The Labute approximate surface area is 103 Å². The van der Waals surface area contributed by atoms with Crippen LogP contribution in [0.25, 0.3) is 0 Å². The first-order valence-electron chi connectivity index (χ1n) is 5.99. The molecule has 0 saturated carbocycles. The van der Waals surface area contributed by atoms with Gasteiger partial charge in [-0.3, -0.25) is 4.79 Å². The zero-order valence-electron chi connectivity index (χ0n) is 10.6. The van der Waals surface area contributed by atoms with Gasteiger partial charge in [0.1, 0.15) is 0 Å². The maximum Gasteiger partial charge on any atom is 0.225 e. The van der Waals surface area contributed by atoms with Crippen LogP contribution >= 0.6 is 0 Å². The number of nitrogens with one attached hydrogen (secondary N) is 1. The van der Waals surface area contributed by atoms with E-state index in [9.17, 15) is 4.79 Å². The zero-order valence-corrected chi connectivity index (χ0v) is 10.6. The topological polar surface area (TPSA) is 49.3 Å². The van der Waals surface area contributed by atoms with Gasteiger partial charge in [-0.2, -0.15) is 0 Å². The van der Waals surface area contributed by atoms with Crippen LogP contribution < -0.4 is 5.32 Å². The van der Waals surface area contributed by atoms with Gasteiger partial charge in [0.25, 0.3) is 0 Å². The van der Waals surface area contributed by atoms with Crippen molar-refractivity contribution in [3.8, 4) is 0 Å². The van der Waals surface area contributed by atoms with E-state index in [0.29, 0.717) is 13.0 Å². The van der Waals surface area contributed by atoms with Crippen LogP contribution in [0.2, 0.25) is 0 Å². The molecule has 3 nitrogen and oxygen atoms in total. The van der Waals surface area contributed by atoms with E-state index in [-0.39, 0.29) is 12.5 Å². The summed E-state index contributed by atoms with van der Waals surface area (Å²) in [5.74, 6) is 0.0369. The Kier molecular flexibility index (Phi) is 5.16. The van der Waals surface area contributed by atoms with E-state index < -0.39 is 5.41 Å². The molecular weight excluding hydrogens is 214 g/mol. The number of carbonyl (C=O) groups excluding carboxylic acids is 1. The van der Waals surface area contributed by atoms with Crippen molar-refractivity contribution in [2.24, 2.45) is 5.41 Å². The highest BCUT2D eigenvalue weighted by molar-refractivity contribution is 5.82. The summed E-state index contributed by atoms with van der Waals surface area (Å²) >= 11 is 0. The van der Waals surface area contributed by atoms with Crippen molar-refractivity contribution in [3.05, 3.63) is 35.9 Å². The standard InChI is InChI=1S/C14H21NO2/c1-14(2,13(17)15-9-6-10-16)11-12-7-4-3-5-8-12/h3-5,7-8,16H,6,9-11H2,1-2H3,(H,15,17). The molecule has 0 saturated heterocycles. The third kappa shape index (κ3) is 4.57. The number of carbonyl (C=O) groups is 1. The van der Waals surface area contributed by atoms with Crippen LogP contribution in [0.4, 0.5) is 0 Å². The summed E-state index contributed by atoms with van der Waals surface area (Å²) in [5, 5.41) is 11.5. The molecule has 17 heavy (non-hydrogen) atoms. The molecule has 2 N–H and O–H groups in total. The molecule has 0 radical (unpaired) electrons. The molecule has 94 valence electrons. The van der Waals surface area contributed by atoms with Crippen LogP contribution in [0, 0.1) is 5.41 Å². The summed E-state index contributed by atoms with van der Waals surface area (Å²) in [7, 11) is 0. The van der Waals surface area contributed by atoms with E-state index in [1.807, 2.05) is 44.2 Å². The second-order valence-electron chi connectivity index (χ2n) is 4.88. The Morgan fingerprint density at radius 1 is 1.29 bits per heavy atom. The number of aliphatic hydroxyl groups excluding tert-OH is 1. The first-order chi connectivity index (χ1) is 8.06. The molecule has 0 heterocycles. The molecule has 0 atom stereocenters. The van der Waals surface area contributed by atoms with Gasteiger partial charge in [0.15, 0.2) is 0 Å². The number of hydrogen-bond acceptors (Lipinski definition) is 2. The molecule has 1 rings (SSSR count). The summed E-state index contributed by atoms with van der Waals surface area (Å²) in [5.41, 5.74) is 0.742. The van der Waals surface area contributed by atoms with E-state index in [1.54, 1.807) is 0 Å². The first kappa shape index (κ1) is 13.7. The molecule has 0 bridgehead atoms. The van der Waals surface area contributed by atoms with Crippen molar-refractivity contribution in [1.29, 1.82) is 0 Å². The van der Waals surface area contributed by atoms with Gasteiger partial charge in [0, 0.05) is 18.6 Å². The maximum absolute atomic E-state index is 12.0. The monoisotopic (exact) mass is 235 g/mol. The highest BCUT2D eigenvalue weighted by atomic mass is 16.3. The summed E-state index contributed by atoms with van der Waals surface area (Å²) in [6.07, 6.45) is 1.33. The molecule has 0 aliphatic carbocycles. The minimum Gasteiger partial charge on any atom is -0.396 e. The Hall–Kier alpha value is -1.35.